The van der Waals surface area contributed by atoms with Crippen molar-refractivity contribution in [3.05, 3.63) is 33.8 Å². The summed E-state index contributed by atoms with van der Waals surface area (Å²) >= 11 is 11.8. The predicted molar refractivity (Wildman–Crippen MR) is 68.8 cm³/mol. The van der Waals surface area contributed by atoms with E-state index in [0.29, 0.717) is 10.0 Å². The van der Waals surface area contributed by atoms with Crippen molar-refractivity contribution in [2.24, 2.45) is 5.92 Å². The van der Waals surface area contributed by atoms with Gasteiger partial charge in [-0.2, -0.15) is 0 Å². The highest BCUT2D eigenvalue weighted by atomic mass is 35.5. The highest BCUT2D eigenvalue weighted by molar-refractivity contribution is 6.42. The Morgan fingerprint density at radius 2 is 1.88 bits per heavy atom. The van der Waals surface area contributed by atoms with Crippen LogP contribution in [0.4, 0.5) is 0 Å². The van der Waals surface area contributed by atoms with E-state index in [1.165, 1.54) is 0 Å². The number of halogens is 2. The lowest BCUT2D eigenvalue weighted by Crippen LogP contribution is -2.19. The summed E-state index contributed by atoms with van der Waals surface area (Å²) in [5, 5.41) is 10.3. The van der Waals surface area contributed by atoms with Gasteiger partial charge in [0.25, 0.3) is 0 Å². The van der Waals surface area contributed by atoms with Crippen LogP contribution in [-0.4, -0.2) is 11.1 Å². The van der Waals surface area contributed by atoms with Crippen molar-refractivity contribution in [2.75, 3.05) is 0 Å². The summed E-state index contributed by atoms with van der Waals surface area (Å²) in [7, 11) is 0. The lowest BCUT2D eigenvalue weighted by Gasteiger charge is -2.19. The average molecular weight is 273 g/mol. The van der Waals surface area contributed by atoms with Crippen molar-refractivity contribution >= 4 is 29.2 Å². The molecule has 1 aliphatic carbocycles. The van der Waals surface area contributed by atoms with E-state index in [9.17, 15) is 9.90 Å². The predicted octanol–water partition coefficient (Wildman–Crippen LogP) is 4.35. The van der Waals surface area contributed by atoms with Crippen LogP contribution in [-0.2, 0) is 4.79 Å². The Morgan fingerprint density at radius 3 is 2.41 bits per heavy atom. The van der Waals surface area contributed by atoms with Gasteiger partial charge in [-0.3, -0.25) is 4.79 Å². The van der Waals surface area contributed by atoms with Crippen LogP contribution in [0.15, 0.2) is 18.2 Å². The molecule has 1 aromatic carbocycles. The van der Waals surface area contributed by atoms with Gasteiger partial charge in [0.2, 0.25) is 0 Å². The maximum absolute atomic E-state index is 11.4. The molecule has 1 aliphatic rings. The van der Waals surface area contributed by atoms with E-state index in [-0.39, 0.29) is 5.92 Å². The van der Waals surface area contributed by atoms with Crippen LogP contribution < -0.4 is 0 Å². The molecule has 0 bridgehead atoms. The van der Waals surface area contributed by atoms with Crippen LogP contribution in [0.5, 0.6) is 0 Å². The first-order valence-corrected chi connectivity index (χ1v) is 6.53. The third-order valence-corrected chi connectivity index (χ3v) is 4.18. The van der Waals surface area contributed by atoms with Crippen LogP contribution in [0.3, 0.4) is 0 Å². The monoisotopic (exact) mass is 272 g/mol. The van der Waals surface area contributed by atoms with Gasteiger partial charge >= 0.3 is 5.97 Å². The van der Waals surface area contributed by atoms with E-state index in [1.807, 2.05) is 0 Å². The molecule has 0 radical (unpaired) electrons. The first-order valence-electron chi connectivity index (χ1n) is 5.77. The fraction of sp³-hybridized carbons (Fsp3) is 0.462. The topological polar surface area (TPSA) is 37.3 Å². The Hall–Kier alpha value is -0.730. The van der Waals surface area contributed by atoms with E-state index in [4.69, 9.17) is 23.2 Å². The first-order chi connectivity index (χ1) is 8.09. The van der Waals surface area contributed by atoms with Crippen molar-refractivity contribution in [3.8, 4) is 0 Å². The molecule has 0 heterocycles. The summed E-state index contributed by atoms with van der Waals surface area (Å²) < 4.78 is 0. The van der Waals surface area contributed by atoms with E-state index < -0.39 is 11.9 Å². The minimum Gasteiger partial charge on any atom is -0.481 e. The number of hydrogen-bond donors (Lipinski definition) is 1. The summed E-state index contributed by atoms with van der Waals surface area (Å²) in [5.41, 5.74) is 0.763. The highest BCUT2D eigenvalue weighted by Crippen LogP contribution is 2.39. The first kappa shape index (κ1) is 12.7. The van der Waals surface area contributed by atoms with Crippen molar-refractivity contribution in [3.63, 3.8) is 0 Å². The second-order valence-electron chi connectivity index (χ2n) is 4.53. The Morgan fingerprint density at radius 1 is 1.24 bits per heavy atom. The fourth-order valence-electron chi connectivity index (χ4n) is 2.61. The molecule has 0 spiro atoms. The molecule has 0 aromatic heterocycles. The number of benzene rings is 1. The molecule has 2 nitrogen and oxygen atoms in total. The van der Waals surface area contributed by atoms with Crippen LogP contribution in [0.25, 0.3) is 0 Å². The molecule has 4 heteroatoms. The molecule has 1 N–H and O–H groups in total. The fourth-order valence-corrected chi connectivity index (χ4v) is 2.92. The van der Waals surface area contributed by atoms with Gasteiger partial charge in [-0.15, -0.1) is 0 Å². The smallest absolute Gasteiger partial charge is 0.311 e. The summed E-state index contributed by atoms with van der Waals surface area (Å²) in [6.45, 7) is 0. The normalized spacial score (nSPS) is 18.2. The Kier molecular flexibility index (Phi) is 3.95. The summed E-state index contributed by atoms with van der Waals surface area (Å²) in [5.74, 6) is -0.993. The Labute approximate surface area is 111 Å². The summed E-state index contributed by atoms with van der Waals surface area (Å²) in [6.07, 6.45) is 4.21. The molecule has 2 rings (SSSR count). The quantitative estimate of drug-likeness (QED) is 0.888. The maximum atomic E-state index is 11.4. The minimum absolute atomic E-state index is 0.227. The van der Waals surface area contributed by atoms with Gasteiger partial charge in [-0.25, -0.2) is 0 Å². The minimum atomic E-state index is -0.768. The third-order valence-electron chi connectivity index (χ3n) is 3.44. The van der Waals surface area contributed by atoms with Gasteiger partial charge in [0.15, 0.2) is 0 Å². The van der Waals surface area contributed by atoms with Crippen molar-refractivity contribution in [2.45, 2.75) is 31.6 Å². The number of rotatable bonds is 3. The zero-order valence-electron chi connectivity index (χ0n) is 9.33. The zero-order valence-corrected chi connectivity index (χ0v) is 10.8. The molecule has 17 heavy (non-hydrogen) atoms. The van der Waals surface area contributed by atoms with Crippen molar-refractivity contribution in [1.82, 2.24) is 0 Å². The molecule has 0 amide bonds. The van der Waals surface area contributed by atoms with Crippen LogP contribution in [0.2, 0.25) is 10.0 Å². The van der Waals surface area contributed by atoms with E-state index >= 15 is 0 Å². The Bertz CT molecular complexity index is 425. The number of carbonyl (C=O) groups is 1. The third kappa shape index (κ3) is 2.75. The van der Waals surface area contributed by atoms with Gasteiger partial charge in [-0.1, -0.05) is 42.1 Å². The van der Waals surface area contributed by atoms with Crippen LogP contribution >= 0.6 is 23.2 Å². The number of carboxylic acid groups (broad SMARTS) is 1. The van der Waals surface area contributed by atoms with Gasteiger partial charge < -0.3 is 5.11 Å². The lowest BCUT2D eigenvalue weighted by atomic mass is 9.85. The lowest BCUT2D eigenvalue weighted by molar-refractivity contribution is -0.140. The molecule has 1 saturated carbocycles. The van der Waals surface area contributed by atoms with Gasteiger partial charge in [0.05, 0.1) is 16.0 Å². The summed E-state index contributed by atoms with van der Waals surface area (Å²) in [6, 6.07) is 5.12. The molecular weight excluding hydrogens is 259 g/mol. The second kappa shape index (κ2) is 5.28. The number of hydrogen-bond acceptors (Lipinski definition) is 1. The largest absolute Gasteiger partial charge is 0.481 e. The van der Waals surface area contributed by atoms with E-state index in [2.05, 4.69) is 0 Å². The van der Waals surface area contributed by atoms with Gasteiger partial charge in [-0.05, 0) is 36.5 Å². The molecule has 1 unspecified atom stereocenters. The zero-order chi connectivity index (χ0) is 12.4. The van der Waals surface area contributed by atoms with E-state index in [1.54, 1.807) is 18.2 Å². The van der Waals surface area contributed by atoms with E-state index in [0.717, 1.165) is 31.2 Å². The molecule has 92 valence electrons. The highest BCUT2D eigenvalue weighted by Gasteiger charge is 2.32. The second-order valence-corrected chi connectivity index (χ2v) is 5.35. The SMILES string of the molecule is O=C(O)C(c1ccc(Cl)c(Cl)c1)C1CCCC1. The maximum Gasteiger partial charge on any atom is 0.311 e. The van der Waals surface area contributed by atoms with Crippen molar-refractivity contribution in [1.29, 1.82) is 0 Å². The standard InChI is InChI=1S/C13H14Cl2O2/c14-10-6-5-9(7-11(10)15)12(13(16)17)8-3-1-2-4-8/h5-8,12H,1-4H2,(H,16,17). The average Bonchev–Trinajstić information content (AvgIpc) is 2.76. The van der Waals surface area contributed by atoms with Gasteiger partial charge in [0.1, 0.15) is 0 Å². The summed E-state index contributed by atoms with van der Waals surface area (Å²) in [4.78, 5) is 11.4. The molecule has 1 atom stereocenters. The molecule has 1 aromatic rings. The molecule has 0 aliphatic heterocycles. The Balaban J connectivity index is 2.31. The van der Waals surface area contributed by atoms with Crippen molar-refractivity contribution < 1.29 is 9.90 Å². The number of aliphatic carboxylic acids is 1. The number of carboxylic acids is 1. The molecule has 1 fully saturated rings. The molecular formula is C13H14Cl2O2. The van der Waals surface area contributed by atoms with Crippen LogP contribution in [0.1, 0.15) is 37.2 Å². The van der Waals surface area contributed by atoms with Gasteiger partial charge in [0, 0.05) is 0 Å². The van der Waals surface area contributed by atoms with Crippen LogP contribution in [0, 0.1) is 5.92 Å². The molecule has 0 saturated heterocycles.